The molecule has 11 heteroatoms. The van der Waals surface area contributed by atoms with Gasteiger partial charge in [-0.25, -0.2) is 14.8 Å². The van der Waals surface area contributed by atoms with Gasteiger partial charge in [-0.15, -0.1) is 0 Å². The van der Waals surface area contributed by atoms with Gasteiger partial charge in [-0.05, 0) is 32.1 Å². The van der Waals surface area contributed by atoms with Gasteiger partial charge in [0.2, 0.25) is 11.8 Å². The van der Waals surface area contributed by atoms with Gasteiger partial charge < -0.3 is 20.3 Å². The molecule has 2 saturated heterocycles. The fourth-order valence-corrected chi connectivity index (χ4v) is 4.60. The Labute approximate surface area is 171 Å². The average Bonchev–Trinajstić information content (AvgIpc) is 3.17. The van der Waals surface area contributed by atoms with Crippen LogP contribution in [0.5, 0.6) is 5.88 Å². The van der Waals surface area contributed by atoms with Gasteiger partial charge in [0.1, 0.15) is 6.10 Å². The van der Waals surface area contributed by atoms with Crippen LogP contribution in [0, 0.1) is 11.3 Å². The number of amides is 3. The first-order valence-corrected chi connectivity index (χ1v) is 10.0. The number of aromatic nitrogens is 2. The van der Waals surface area contributed by atoms with Crippen molar-refractivity contribution >= 4 is 11.9 Å². The van der Waals surface area contributed by atoms with Gasteiger partial charge in [-0.1, -0.05) is 0 Å². The quantitative estimate of drug-likeness (QED) is 0.796. The van der Waals surface area contributed by atoms with Crippen LogP contribution in [0.4, 0.5) is 18.0 Å². The van der Waals surface area contributed by atoms with E-state index in [9.17, 15) is 22.8 Å². The molecule has 3 aliphatic rings. The molecule has 4 rings (SSSR count). The molecule has 30 heavy (non-hydrogen) atoms. The molecule has 1 atom stereocenters. The average molecular weight is 427 g/mol. The number of nitrogens with two attached hydrogens (primary N) is 1. The van der Waals surface area contributed by atoms with E-state index in [1.54, 1.807) is 4.90 Å². The second-order valence-electron chi connectivity index (χ2n) is 8.53. The first kappa shape index (κ1) is 20.7. The minimum atomic E-state index is -4.52. The smallest absolute Gasteiger partial charge is 0.434 e. The van der Waals surface area contributed by atoms with Gasteiger partial charge in [0.15, 0.2) is 5.69 Å². The lowest BCUT2D eigenvalue weighted by atomic mass is 9.68. The number of hydrogen-bond acceptors (Lipinski definition) is 5. The van der Waals surface area contributed by atoms with Crippen LogP contribution in [0.1, 0.15) is 37.8 Å². The van der Waals surface area contributed by atoms with Gasteiger partial charge >= 0.3 is 12.2 Å². The summed E-state index contributed by atoms with van der Waals surface area (Å²) in [6.45, 7) is 2.30. The summed E-state index contributed by atoms with van der Waals surface area (Å²) in [4.78, 5) is 34.5. The molecule has 3 fully saturated rings. The molecule has 1 saturated carbocycles. The normalized spacial score (nSPS) is 24.0. The van der Waals surface area contributed by atoms with E-state index in [-0.39, 0.29) is 35.3 Å². The summed E-state index contributed by atoms with van der Waals surface area (Å²) in [6, 6.07) is -0.0391. The van der Waals surface area contributed by atoms with E-state index >= 15 is 0 Å². The zero-order chi connectivity index (χ0) is 21.5. The fourth-order valence-electron chi connectivity index (χ4n) is 4.60. The third-order valence-electron chi connectivity index (χ3n) is 6.38. The van der Waals surface area contributed by atoms with E-state index in [1.807, 2.05) is 4.90 Å². The molecule has 2 aliphatic heterocycles. The summed E-state index contributed by atoms with van der Waals surface area (Å²) in [5, 5.41) is 0. The Morgan fingerprint density at radius 1 is 1.10 bits per heavy atom. The minimum absolute atomic E-state index is 0.0391. The molecule has 1 aromatic heterocycles. The predicted molar refractivity (Wildman–Crippen MR) is 98.2 cm³/mol. The van der Waals surface area contributed by atoms with E-state index < -0.39 is 11.9 Å². The molecule has 8 nitrogen and oxygen atoms in total. The molecular weight excluding hydrogens is 403 g/mol. The third kappa shape index (κ3) is 4.15. The number of alkyl halides is 3. The summed E-state index contributed by atoms with van der Waals surface area (Å²) < 4.78 is 43.4. The first-order chi connectivity index (χ1) is 14.2. The number of urea groups is 1. The van der Waals surface area contributed by atoms with Crippen LogP contribution in [-0.4, -0.2) is 64.0 Å². The van der Waals surface area contributed by atoms with Gasteiger partial charge in [0.05, 0.1) is 18.3 Å². The minimum Gasteiger partial charge on any atom is -0.473 e. The number of ether oxygens (including phenoxy) is 1. The van der Waals surface area contributed by atoms with Gasteiger partial charge in [-0.3, -0.25) is 4.79 Å². The summed E-state index contributed by atoms with van der Waals surface area (Å²) in [6.07, 6.45) is 0.900. The molecule has 3 amide bonds. The van der Waals surface area contributed by atoms with Crippen LogP contribution in [-0.2, 0) is 11.0 Å². The van der Waals surface area contributed by atoms with Crippen molar-refractivity contribution in [2.45, 2.75) is 44.4 Å². The Hall–Kier alpha value is -2.59. The molecule has 1 aromatic rings. The van der Waals surface area contributed by atoms with Crippen LogP contribution >= 0.6 is 0 Å². The van der Waals surface area contributed by atoms with E-state index in [1.165, 1.54) is 0 Å². The number of nitrogens with zero attached hydrogens (tertiary/aromatic N) is 4. The molecule has 1 aliphatic carbocycles. The van der Waals surface area contributed by atoms with Gasteiger partial charge in [-0.2, -0.15) is 13.2 Å². The Morgan fingerprint density at radius 3 is 2.33 bits per heavy atom. The Kier molecular flexibility index (Phi) is 5.23. The Morgan fingerprint density at radius 2 is 1.80 bits per heavy atom. The van der Waals surface area contributed by atoms with E-state index in [2.05, 4.69) is 9.97 Å². The molecule has 0 unspecified atom stereocenters. The first-order valence-electron chi connectivity index (χ1n) is 10.0. The van der Waals surface area contributed by atoms with Crippen LogP contribution in [0.25, 0.3) is 0 Å². The monoisotopic (exact) mass is 427 g/mol. The van der Waals surface area contributed by atoms with Crippen molar-refractivity contribution in [2.24, 2.45) is 17.1 Å². The zero-order valence-electron chi connectivity index (χ0n) is 16.4. The zero-order valence-corrected chi connectivity index (χ0v) is 16.4. The number of halogens is 3. The SMILES string of the molecule is NC(=O)[C@H]1CCN(C(=O)N2CC3(CCC(Oc4cnc(C(F)(F)F)cn4)CC3)C2)C1. The van der Waals surface area contributed by atoms with Crippen LogP contribution in [0.2, 0.25) is 0 Å². The maximum Gasteiger partial charge on any atom is 0.434 e. The van der Waals surface area contributed by atoms with Crippen molar-refractivity contribution in [3.8, 4) is 5.88 Å². The van der Waals surface area contributed by atoms with Crippen LogP contribution in [0.15, 0.2) is 12.4 Å². The molecule has 2 N–H and O–H groups in total. The molecule has 0 radical (unpaired) electrons. The van der Waals surface area contributed by atoms with Crippen molar-refractivity contribution in [1.82, 2.24) is 19.8 Å². The largest absolute Gasteiger partial charge is 0.473 e. The summed E-state index contributed by atoms with van der Waals surface area (Å²) in [5.74, 6) is -0.529. The number of rotatable bonds is 3. The number of carbonyl (C=O) groups excluding carboxylic acids is 2. The molecule has 0 bridgehead atoms. The number of primary amides is 1. The Bertz CT molecular complexity index is 801. The van der Waals surface area contributed by atoms with Gasteiger partial charge in [0, 0.05) is 31.6 Å². The maximum absolute atomic E-state index is 12.6. The topological polar surface area (TPSA) is 102 Å². The lowest BCUT2D eigenvalue weighted by molar-refractivity contribution is -0.141. The van der Waals surface area contributed by atoms with Gasteiger partial charge in [0.25, 0.3) is 0 Å². The molecule has 1 spiro atoms. The highest BCUT2D eigenvalue weighted by Crippen LogP contribution is 2.45. The summed E-state index contributed by atoms with van der Waals surface area (Å²) in [7, 11) is 0. The van der Waals surface area contributed by atoms with Crippen molar-refractivity contribution in [3.05, 3.63) is 18.1 Å². The predicted octanol–water partition coefficient (Wildman–Crippen LogP) is 2.05. The lowest BCUT2D eigenvalue weighted by Gasteiger charge is -2.53. The summed E-state index contributed by atoms with van der Waals surface area (Å²) >= 11 is 0. The molecule has 164 valence electrons. The second-order valence-corrected chi connectivity index (χ2v) is 8.53. The van der Waals surface area contributed by atoms with Crippen molar-refractivity contribution in [3.63, 3.8) is 0 Å². The highest BCUT2D eigenvalue weighted by atomic mass is 19.4. The summed E-state index contributed by atoms with van der Waals surface area (Å²) in [5.41, 5.74) is 4.36. The van der Waals surface area contributed by atoms with E-state index in [0.717, 1.165) is 31.9 Å². The molecule has 3 heterocycles. The molecular formula is C19H24F3N5O3. The van der Waals surface area contributed by atoms with Crippen LogP contribution < -0.4 is 10.5 Å². The highest BCUT2D eigenvalue weighted by molar-refractivity contribution is 5.80. The number of hydrogen-bond donors (Lipinski definition) is 1. The van der Waals surface area contributed by atoms with Crippen molar-refractivity contribution < 1.29 is 27.5 Å². The van der Waals surface area contributed by atoms with E-state index in [4.69, 9.17) is 10.5 Å². The number of likely N-dealkylation sites (tertiary alicyclic amines) is 2. The van der Waals surface area contributed by atoms with Crippen molar-refractivity contribution in [2.75, 3.05) is 26.2 Å². The third-order valence-corrected chi connectivity index (χ3v) is 6.38. The second kappa shape index (κ2) is 7.59. The fraction of sp³-hybridized carbons (Fsp3) is 0.684. The maximum atomic E-state index is 12.6. The molecule has 0 aromatic carbocycles. The Balaban J connectivity index is 1.23. The number of carbonyl (C=O) groups is 2. The lowest BCUT2D eigenvalue weighted by Crippen LogP contribution is -2.62. The highest BCUT2D eigenvalue weighted by Gasteiger charge is 2.48. The van der Waals surface area contributed by atoms with E-state index in [0.29, 0.717) is 38.8 Å². The van der Waals surface area contributed by atoms with Crippen LogP contribution in [0.3, 0.4) is 0 Å². The van der Waals surface area contributed by atoms with Crippen molar-refractivity contribution in [1.29, 1.82) is 0 Å². The standard InChI is InChI=1S/C19H24F3N5O3/c20-19(21,22)14-7-25-15(8-24-14)30-13-1-4-18(5-2-13)10-27(11-18)17(29)26-6-3-12(9-26)16(23)28/h7-8,12-13H,1-6,9-11H2,(H2,23,28)/t12-/m0/s1.